The summed E-state index contributed by atoms with van der Waals surface area (Å²) in [6.45, 7) is 4.59. The van der Waals surface area contributed by atoms with Crippen LogP contribution in [0.15, 0.2) is 35.8 Å². The number of hydrogen-bond donors (Lipinski definition) is 0. The zero-order chi connectivity index (χ0) is 14.3. The van der Waals surface area contributed by atoms with Gasteiger partial charge in [0.25, 0.3) is 5.69 Å². The zero-order valence-corrected chi connectivity index (χ0v) is 12.1. The number of nitro groups is 1. The van der Waals surface area contributed by atoms with E-state index in [-0.39, 0.29) is 10.6 Å². The van der Waals surface area contributed by atoms with Crippen LogP contribution in [0.1, 0.15) is 17.0 Å². The Bertz CT molecular complexity index is 804. The molecule has 0 atom stereocenters. The van der Waals surface area contributed by atoms with Crippen molar-refractivity contribution in [1.82, 2.24) is 4.40 Å². The third-order valence-electron chi connectivity index (χ3n) is 3.41. The van der Waals surface area contributed by atoms with E-state index >= 15 is 0 Å². The Labute approximate surface area is 119 Å². The van der Waals surface area contributed by atoms with Gasteiger partial charge in [0.2, 0.25) is 0 Å². The van der Waals surface area contributed by atoms with E-state index < -0.39 is 0 Å². The Morgan fingerprint density at radius 2 is 2.10 bits per heavy atom. The smallest absolute Gasteiger partial charge is 0.258 e. The fraction of sp³-hybridized carbons (Fsp3) is 0.214. The van der Waals surface area contributed by atoms with Gasteiger partial charge in [-0.15, -0.1) is 0 Å². The Balaban J connectivity index is 2.10. The zero-order valence-electron chi connectivity index (χ0n) is 11.2. The van der Waals surface area contributed by atoms with Gasteiger partial charge in [0.15, 0.2) is 0 Å². The van der Waals surface area contributed by atoms with Crippen LogP contribution in [0, 0.1) is 24.0 Å². The van der Waals surface area contributed by atoms with Crippen LogP contribution < -0.4 is 4.57 Å². The van der Waals surface area contributed by atoms with Crippen LogP contribution in [-0.2, 0) is 6.54 Å². The molecule has 6 heteroatoms. The quantitative estimate of drug-likeness (QED) is 0.423. The van der Waals surface area contributed by atoms with Gasteiger partial charge >= 0.3 is 4.96 Å². The molecule has 102 valence electrons. The minimum Gasteiger partial charge on any atom is -0.258 e. The molecule has 0 aliphatic heterocycles. The molecule has 0 bridgehead atoms. The third-order valence-corrected chi connectivity index (χ3v) is 4.50. The highest BCUT2D eigenvalue weighted by molar-refractivity contribution is 7.14. The Morgan fingerprint density at radius 3 is 2.85 bits per heavy atom. The van der Waals surface area contributed by atoms with Crippen LogP contribution >= 0.6 is 11.3 Å². The molecule has 1 aromatic carbocycles. The van der Waals surface area contributed by atoms with E-state index in [1.165, 1.54) is 5.69 Å². The van der Waals surface area contributed by atoms with Gasteiger partial charge in [-0.2, -0.15) is 4.40 Å². The molecule has 0 radical (unpaired) electrons. The molecule has 0 amide bonds. The summed E-state index contributed by atoms with van der Waals surface area (Å²) in [5.41, 5.74) is 3.17. The predicted molar refractivity (Wildman–Crippen MR) is 77.1 cm³/mol. The molecule has 0 fully saturated rings. The van der Waals surface area contributed by atoms with E-state index in [0.717, 1.165) is 16.2 Å². The Kier molecular flexibility index (Phi) is 3.02. The maximum Gasteiger partial charge on any atom is 0.346 e. The lowest BCUT2D eigenvalue weighted by Crippen LogP contribution is -2.35. The first-order chi connectivity index (χ1) is 9.58. The van der Waals surface area contributed by atoms with Crippen molar-refractivity contribution >= 4 is 22.0 Å². The fourth-order valence-corrected chi connectivity index (χ4v) is 3.38. The molecule has 0 spiro atoms. The highest BCUT2D eigenvalue weighted by Gasteiger charge is 2.21. The van der Waals surface area contributed by atoms with Gasteiger partial charge in [-0.1, -0.05) is 23.5 Å². The molecule has 3 aromatic rings. The number of nitro benzene ring substituents is 1. The number of nitrogens with zero attached hydrogens (tertiary/aromatic N) is 3. The first-order valence-electron chi connectivity index (χ1n) is 6.26. The van der Waals surface area contributed by atoms with E-state index in [1.54, 1.807) is 23.5 Å². The van der Waals surface area contributed by atoms with Gasteiger partial charge in [-0.05, 0) is 13.0 Å². The molecule has 20 heavy (non-hydrogen) atoms. The molecule has 0 aliphatic rings. The van der Waals surface area contributed by atoms with Gasteiger partial charge in [-0.3, -0.25) is 10.1 Å². The van der Waals surface area contributed by atoms with Gasteiger partial charge in [0, 0.05) is 18.4 Å². The molecular formula is C14H14N3O2S+. The number of rotatable bonds is 3. The largest absolute Gasteiger partial charge is 0.346 e. The number of hydrogen-bond acceptors (Lipinski definition) is 3. The van der Waals surface area contributed by atoms with Gasteiger partial charge < -0.3 is 0 Å². The first kappa shape index (κ1) is 12.8. The lowest BCUT2D eigenvalue weighted by atomic mass is 10.2. The monoisotopic (exact) mass is 288 g/mol. The average Bonchev–Trinajstić information content (AvgIpc) is 2.92. The summed E-state index contributed by atoms with van der Waals surface area (Å²) < 4.78 is 4.23. The number of aryl methyl sites for hydroxylation is 2. The van der Waals surface area contributed by atoms with Crippen LogP contribution in [0.5, 0.6) is 0 Å². The van der Waals surface area contributed by atoms with Crippen molar-refractivity contribution < 1.29 is 9.49 Å². The SMILES string of the molecule is Cc1csc2n1cc(C)[n+]2Cc1ccccc1[N+](=O)[O-]. The summed E-state index contributed by atoms with van der Waals surface area (Å²) in [5.74, 6) is 0. The maximum absolute atomic E-state index is 11.1. The van der Waals surface area contributed by atoms with E-state index in [1.807, 2.05) is 19.1 Å². The van der Waals surface area contributed by atoms with Crippen LogP contribution in [0.4, 0.5) is 5.69 Å². The number of thiazole rings is 1. The third kappa shape index (κ3) is 1.98. The molecular weight excluding hydrogens is 274 g/mol. The standard InChI is InChI=1S/C14H14N3O2S/c1-10-7-15-11(2)9-20-14(15)16(10)8-12-5-3-4-6-13(12)17(18)19/h3-7,9H,8H2,1-2H3/q+1. The number of imidazole rings is 1. The van der Waals surface area contributed by atoms with Crippen molar-refractivity contribution in [3.05, 3.63) is 62.9 Å². The minimum atomic E-state index is -0.321. The summed E-state index contributed by atoms with van der Waals surface area (Å²) in [7, 11) is 0. The van der Waals surface area contributed by atoms with E-state index in [2.05, 4.69) is 27.5 Å². The highest BCUT2D eigenvalue weighted by atomic mass is 32.1. The predicted octanol–water partition coefficient (Wildman–Crippen LogP) is 2.86. The average molecular weight is 288 g/mol. The molecule has 0 saturated heterocycles. The van der Waals surface area contributed by atoms with Crippen molar-refractivity contribution in [1.29, 1.82) is 0 Å². The lowest BCUT2D eigenvalue weighted by Gasteiger charge is -2.01. The number of fused-ring (bicyclic) bond motifs is 1. The maximum atomic E-state index is 11.1. The van der Waals surface area contributed by atoms with Crippen molar-refractivity contribution in [3.63, 3.8) is 0 Å². The van der Waals surface area contributed by atoms with Crippen molar-refractivity contribution in [3.8, 4) is 0 Å². The molecule has 3 rings (SSSR count). The number of benzene rings is 1. The molecule has 0 N–H and O–H groups in total. The molecule has 0 aliphatic carbocycles. The second kappa shape index (κ2) is 4.72. The summed E-state index contributed by atoms with van der Waals surface area (Å²) in [5, 5.41) is 13.2. The topological polar surface area (TPSA) is 51.4 Å². The van der Waals surface area contributed by atoms with Crippen LogP contribution in [-0.4, -0.2) is 9.32 Å². The van der Waals surface area contributed by atoms with E-state index in [0.29, 0.717) is 6.54 Å². The molecule has 2 heterocycles. The lowest BCUT2D eigenvalue weighted by molar-refractivity contribution is -0.666. The van der Waals surface area contributed by atoms with E-state index in [4.69, 9.17) is 0 Å². The molecule has 2 aromatic heterocycles. The van der Waals surface area contributed by atoms with Crippen molar-refractivity contribution in [2.45, 2.75) is 20.4 Å². The highest BCUT2D eigenvalue weighted by Crippen LogP contribution is 2.19. The summed E-state index contributed by atoms with van der Waals surface area (Å²) >= 11 is 1.65. The summed E-state index contributed by atoms with van der Waals surface area (Å²) in [6, 6.07) is 6.90. The van der Waals surface area contributed by atoms with Crippen LogP contribution in [0.3, 0.4) is 0 Å². The van der Waals surface area contributed by atoms with Gasteiger partial charge in [0.05, 0.1) is 10.5 Å². The normalized spacial score (nSPS) is 11.1. The summed E-state index contributed by atoms with van der Waals surface area (Å²) in [6.07, 6.45) is 2.07. The summed E-state index contributed by atoms with van der Waals surface area (Å²) in [4.78, 5) is 11.9. The molecule has 0 saturated carbocycles. The van der Waals surface area contributed by atoms with Crippen LogP contribution in [0.25, 0.3) is 4.96 Å². The minimum absolute atomic E-state index is 0.173. The van der Waals surface area contributed by atoms with Crippen LogP contribution in [0.2, 0.25) is 0 Å². The van der Waals surface area contributed by atoms with E-state index in [9.17, 15) is 10.1 Å². The second-order valence-corrected chi connectivity index (χ2v) is 5.61. The van der Waals surface area contributed by atoms with Crippen molar-refractivity contribution in [2.75, 3.05) is 0 Å². The Morgan fingerprint density at radius 1 is 1.35 bits per heavy atom. The van der Waals surface area contributed by atoms with Crippen molar-refractivity contribution in [2.24, 2.45) is 0 Å². The number of para-hydroxylation sites is 1. The number of aromatic nitrogens is 2. The van der Waals surface area contributed by atoms with Gasteiger partial charge in [-0.25, -0.2) is 4.57 Å². The fourth-order valence-electron chi connectivity index (χ4n) is 2.35. The second-order valence-electron chi connectivity index (χ2n) is 4.77. The Hall–Kier alpha value is -2.21. The molecule has 0 unspecified atom stereocenters. The van der Waals surface area contributed by atoms with Gasteiger partial charge in [0.1, 0.15) is 24.1 Å². The molecule has 5 nitrogen and oxygen atoms in total. The first-order valence-corrected chi connectivity index (χ1v) is 7.14.